The number of imidazole rings is 1. The van der Waals surface area contributed by atoms with Crippen LogP contribution in [0.2, 0.25) is 0 Å². The maximum absolute atomic E-state index is 12.9. The minimum absolute atomic E-state index is 0.196. The van der Waals surface area contributed by atoms with Crippen LogP contribution < -0.4 is 14.8 Å². The normalized spacial score (nSPS) is 12.0. The third-order valence-electron chi connectivity index (χ3n) is 4.27. The van der Waals surface area contributed by atoms with Crippen molar-refractivity contribution in [3.63, 3.8) is 0 Å². The number of aromatic amines is 1. The first-order valence-electron chi connectivity index (χ1n) is 8.62. The fourth-order valence-corrected chi connectivity index (χ4v) is 3.30. The van der Waals surface area contributed by atoms with Gasteiger partial charge in [0.15, 0.2) is 0 Å². The predicted octanol–water partition coefficient (Wildman–Crippen LogP) is 3.80. The van der Waals surface area contributed by atoms with E-state index in [0.717, 1.165) is 29.0 Å². The number of nitrogens with zero attached hydrogens (tertiary/aromatic N) is 1. The summed E-state index contributed by atoms with van der Waals surface area (Å²) in [6.45, 7) is 0. The molecule has 142 valence electrons. The van der Waals surface area contributed by atoms with E-state index in [1.165, 1.54) is 0 Å². The summed E-state index contributed by atoms with van der Waals surface area (Å²) in [6.07, 6.45) is 2.82. The van der Waals surface area contributed by atoms with Gasteiger partial charge in [-0.3, -0.25) is 4.79 Å². The second-order valence-corrected chi connectivity index (χ2v) is 7.03. The molecule has 1 aromatic heterocycles. The van der Waals surface area contributed by atoms with Gasteiger partial charge >= 0.3 is 0 Å². The van der Waals surface area contributed by atoms with Gasteiger partial charge in [-0.15, -0.1) is 0 Å². The molecule has 2 aromatic carbocycles. The lowest BCUT2D eigenvalue weighted by Gasteiger charge is -2.17. The number of benzene rings is 2. The van der Waals surface area contributed by atoms with Gasteiger partial charge in [-0.2, -0.15) is 11.8 Å². The molecule has 0 bridgehead atoms. The van der Waals surface area contributed by atoms with Crippen molar-refractivity contribution in [2.75, 3.05) is 26.2 Å². The lowest BCUT2D eigenvalue weighted by molar-refractivity contribution is 0.0933. The van der Waals surface area contributed by atoms with Gasteiger partial charge in [-0.25, -0.2) is 4.98 Å². The van der Waals surface area contributed by atoms with Crippen LogP contribution in [0.25, 0.3) is 11.0 Å². The SMILES string of the molecule is COc1cc(OC)cc(C(=O)N[C@@H](CCSC)c2nc3ccccc3[nH]2)c1. The number of H-pyrrole nitrogens is 1. The zero-order valence-corrected chi connectivity index (χ0v) is 16.4. The molecule has 1 atom stereocenters. The van der Waals surface area contributed by atoms with Crippen molar-refractivity contribution < 1.29 is 14.3 Å². The number of methoxy groups -OCH3 is 2. The Labute approximate surface area is 162 Å². The maximum atomic E-state index is 12.9. The van der Waals surface area contributed by atoms with Gasteiger partial charge in [0.25, 0.3) is 5.91 Å². The molecule has 1 amide bonds. The molecular weight excluding hydrogens is 362 g/mol. The number of ether oxygens (including phenoxy) is 2. The van der Waals surface area contributed by atoms with Crippen LogP contribution in [0.1, 0.15) is 28.6 Å². The molecule has 3 aromatic rings. The molecule has 0 saturated carbocycles. The van der Waals surface area contributed by atoms with Gasteiger partial charge in [-0.05, 0) is 42.7 Å². The molecule has 27 heavy (non-hydrogen) atoms. The van der Waals surface area contributed by atoms with E-state index >= 15 is 0 Å². The number of hydrogen-bond acceptors (Lipinski definition) is 5. The number of rotatable bonds is 8. The number of thioether (sulfide) groups is 1. The predicted molar refractivity (Wildman–Crippen MR) is 109 cm³/mol. The number of para-hydroxylation sites is 2. The fourth-order valence-electron chi connectivity index (χ4n) is 2.83. The Morgan fingerprint density at radius 3 is 2.52 bits per heavy atom. The van der Waals surface area contributed by atoms with Gasteiger partial charge in [0.05, 0.1) is 31.3 Å². The lowest BCUT2D eigenvalue weighted by atomic mass is 10.1. The van der Waals surface area contributed by atoms with Gasteiger partial charge in [-0.1, -0.05) is 12.1 Å². The molecule has 0 saturated heterocycles. The Hall–Kier alpha value is -2.67. The topological polar surface area (TPSA) is 76.2 Å². The van der Waals surface area contributed by atoms with Gasteiger partial charge in [0, 0.05) is 11.6 Å². The van der Waals surface area contributed by atoms with Crippen molar-refractivity contribution in [1.82, 2.24) is 15.3 Å². The van der Waals surface area contributed by atoms with E-state index in [1.807, 2.05) is 30.5 Å². The molecule has 2 N–H and O–H groups in total. The van der Waals surface area contributed by atoms with Gasteiger partial charge < -0.3 is 19.8 Å². The average Bonchev–Trinajstić information content (AvgIpc) is 3.14. The third-order valence-corrected chi connectivity index (χ3v) is 4.91. The number of hydrogen-bond donors (Lipinski definition) is 2. The molecule has 0 radical (unpaired) electrons. The molecule has 6 nitrogen and oxygen atoms in total. The van der Waals surface area contributed by atoms with Crippen LogP contribution in [0.15, 0.2) is 42.5 Å². The number of fused-ring (bicyclic) bond motifs is 1. The van der Waals surface area contributed by atoms with Crippen molar-refractivity contribution in [1.29, 1.82) is 0 Å². The summed E-state index contributed by atoms with van der Waals surface area (Å²) in [4.78, 5) is 20.8. The molecule has 0 spiro atoms. The largest absolute Gasteiger partial charge is 0.497 e. The van der Waals surface area contributed by atoms with E-state index < -0.39 is 0 Å². The van der Waals surface area contributed by atoms with Crippen molar-refractivity contribution in [2.24, 2.45) is 0 Å². The second kappa shape index (κ2) is 8.81. The first kappa shape index (κ1) is 19.1. The summed E-state index contributed by atoms with van der Waals surface area (Å²) in [7, 11) is 3.12. The standard InChI is InChI=1S/C20H23N3O3S/c1-25-14-10-13(11-15(12-14)26-2)20(24)23-18(8-9-27-3)19-21-16-6-4-5-7-17(16)22-19/h4-7,10-12,18H,8-9H2,1-3H3,(H,21,22)(H,23,24)/t18-/m0/s1. The van der Waals surface area contributed by atoms with Crippen molar-refractivity contribution in [2.45, 2.75) is 12.5 Å². The molecule has 0 aliphatic heterocycles. The molecular formula is C20H23N3O3S. The number of aromatic nitrogens is 2. The highest BCUT2D eigenvalue weighted by Crippen LogP contribution is 2.24. The molecule has 3 rings (SSSR count). The number of carbonyl (C=O) groups is 1. The fraction of sp³-hybridized carbons (Fsp3) is 0.300. The summed E-state index contributed by atoms with van der Waals surface area (Å²) >= 11 is 1.73. The number of carbonyl (C=O) groups excluding carboxylic acids is 1. The van der Waals surface area contributed by atoms with E-state index in [9.17, 15) is 4.79 Å². The van der Waals surface area contributed by atoms with Crippen LogP contribution >= 0.6 is 11.8 Å². The summed E-state index contributed by atoms with van der Waals surface area (Å²) in [5.41, 5.74) is 2.33. The summed E-state index contributed by atoms with van der Waals surface area (Å²) < 4.78 is 10.5. The van der Waals surface area contributed by atoms with E-state index in [2.05, 4.69) is 15.3 Å². The van der Waals surface area contributed by atoms with E-state index in [4.69, 9.17) is 9.47 Å². The van der Waals surface area contributed by atoms with Crippen LogP contribution in [0.5, 0.6) is 11.5 Å². The minimum Gasteiger partial charge on any atom is -0.497 e. The summed E-state index contributed by atoms with van der Waals surface area (Å²) in [6, 6.07) is 12.8. The maximum Gasteiger partial charge on any atom is 0.252 e. The van der Waals surface area contributed by atoms with E-state index in [0.29, 0.717) is 17.1 Å². The van der Waals surface area contributed by atoms with Crippen LogP contribution in [0, 0.1) is 0 Å². The third kappa shape index (κ3) is 4.54. The Morgan fingerprint density at radius 1 is 1.19 bits per heavy atom. The first-order valence-corrected chi connectivity index (χ1v) is 10.0. The quantitative estimate of drug-likeness (QED) is 0.617. The van der Waals surface area contributed by atoms with E-state index in [1.54, 1.807) is 44.2 Å². The average molecular weight is 385 g/mol. The highest BCUT2D eigenvalue weighted by Gasteiger charge is 2.20. The van der Waals surface area contributed by atoms with Crippen molar-refractivity contribution >= 4 is 28.7 Å². The molecule has 0 aliphatic rings. The number of amides is 1. The monoisotopic (exact) mass is 385 g/mol. The molecule has 0 fully saturated rings. The van der Waals surface area contributed by atoms with Gasteiger partial charge in [0.2, 0.25) is 0 Å². The highest BCUT2D eigenvalue weighted by molar-refractivity contribution is 7.98. The summed E-state index contributed by atoms with van der Waals surface area (Å²) in [5, 5.41) is 3.09. The second-order valence-electron chi connectivity index (χ2n) is 6.05. The van der Waals surface area contributed by atoms with Crippen LogP contribution in [0.3, 0.4) is 0 Å². The molecule has 0 unspecified atom stereocenters. The highest BCUT2D eigenvalue weighted by atomic mass is 32.2. The van der Waals surface area contributed by atoms with Gasteiger partial charge in [0.1, 0.15) is 17.3 Å². The van der Waals surface area contributed by atoms with Crippen molar-refractivity contribution in [3.05, 3.63) is 53.9 Å². The zero-order valence-electron chi connectivity index (χ0n) is 15.6. The smallest absolute Gasteiger partial charge is 0.252 e. The van der Waals surface area contributed by atoms with Crippen molar-refractivity contribution in [3.8, 4) is 11.5 Å². The Bertz CT molecular complexity index is 870. The Kier molecular flexibility index (Phi) is 6.24. The molecule has 0 aliphatic carbocycles. The summed E-state index contributed by atoms with van der Waals surface area (Å²) in [5.74, 6) is 2.61. The zero-order chi connectivity index (χ0) is 19.2. The lowest BCUT2D eigenvalue weighted by Crippen LogP contribution is -2.29. The Morgan fingerprint density at radius 2 is 1.89 bits per heavy atom. The molecule has 7 heteroatoms. The minimum atomic E-state index is -0.213. The number of nitrogens with one attached hydrogen (secondary N) is 2. The molecule has 1 heterocycles. The van der Waals surface area contributed by atoms with Crippen LogP contribution in [-0.4, -0.2) is 42.1 Å². The van der Waals surface area contributed by atoms with Crippen LogP contribution in [0.4, 0.5) is 0 Å². The Balaban J connectivity index is 1.86. The first-order chi connectivity index (χ1) is 13.1. The van der Waals surface area contributed by atoms with Crippen LogP contribution in [-0.2, 0) is 0 Å². The van der Waals surface area contributed by atoms with E-state index in [-0.39, 0.29) is 11.9 Å².